The number of nitrogens with zero attached hydrogens (tertiary/aromatic N) is 1. The van der Waals surface area contributed by atoms with Gasteiger partial charge in [0.2, 0.25) is 0 Å². The first-order valence-electron chi connectivity index (χ1n) is 4.30. The van der Waals surface area contributed by atoms with Crippen molar-refractivity contribution in [1.29, 1.82) is 0 Å². The van der Waals surface area contributed by atoms with E-state index in [4.69, 9.17) is 0 Å². The maximum absolute atomic E-state index is 11.5. The van der Waals surface area contributed by atoms with Gasteiger partial charge in [-0.2, -0.15) is 0 Å². The second-order valence-corrected chi connectivity index (χ2v) is 3.14. The van der Waals surface area contributed by atoms with E-state index in [1.54, 1.807) is 12.3 Å². The molecule has 68 valence electrons. The zero-order valence-electron chi connectivity index (χ0n) is 7.24. The summed E-state index contributed by atoms with van der Waals surface area (Å²) in [6, 6.07) is 7.36. The van der Waals surface area contributed by atoms with Crippen LogP contribution in [0.15, 0.2) is 30.5 Å². The Hall–Kier alpha value is -2.10. The summed E-state index contributed by atoms with van der Waals surface area (Å²) in [5.74, 6) is -0.115. The minimum Gasteiger partial charge on any atom is -0.298 e. The molecule has 2 heterocycles. The van der Waals surface area contributed by atoms with Crippen LogP contribution in [0.2, 0.25) is 0 Å². The van der Waals surface area contributed by atoms with Gasteiger partial charge < -0.3 is 0 Å². The zero-order chi connectivity index (χ0) is 9.54. The Morgan fingerprint density at radius 3 is 3.00 bits per heavy atom. The predicted octanol–water partition coefficient (Wildman–Crippen LogP) is 1.31. The van der Waals surface area contributed by atoms with Crippen LogP contribution < -0.4 is 10.9 Å². The van der Waals surface area contributed by atoms with Crippen molar-refractivity contribution in [2.75, 3.05) is 5.43 Å². The average Bonchev–Trinajstić information content (AvgIpc) is 2.24. The van der Waals surface area contributed by atoms with Gasteiger partial charge in [-0.15, -0.1) is 0 Å². The number of benzene rings is 1. The van der Waals surface area contributed by atoms with Crippen LogP contribution in [0.5, 0.6) is 0 Å². The molecule has 1 aliphatic heterocycles. The Kier molecular flexibility index (Phi) is 1.28. The first kappa shape index (κ1) is 7.32. The molecule has 0 saturated carbocycles. The molecule has 14 heavy (non-hydrogen) atoms. The molecule has 0 unspecified atom stereocenters. The Morgan fingerprint density at radius 1 is 1.14 bits per heavy atom. The smallest absolute Gasteiger partial charge is 0.270 e. The third-order valence-corrected chi connectivity index (χ3v) is 2.32. The third-order valence-electron chi connectivity index (χ3n) is 2.32. The van der Waals surface area contributed by atoms with Crippen molar-refractivity contribution in [1.82, 2.24) is 10.4 Å². The van der Waals surface area contributed by atoms with Crippen LogP contribution in [0.3, 0.4) is 0 Å². The second kappa shape index (κ2) is 2.45. The van der Waals surface area contributed by atoms with Crippen LogP contribution >= 0.6 is 0 Å². The molecule has 0 radical (unpaired) electrons. The van der Waals surface area contributed by atoms with Crippen molar-refractivity contribution in [3.63, 3.8) is 0 Å². The number of hydrogen-bond donors (Lipinski definition) is 2. The summed E-state index contributed by atoms with van der Waals surface area (Å²) in [7, 11) is 0. The summed E-state index contributed by atoms with van der Waals surface area (Å²) in [5.41, 5.74) is 7.82. The van der Waals surface area contributed by atoms with Crippen molar-refractivity contribution < 1.29 is 4.79 Å². The number of amides is 1. The minimum atomic E-state index is -0.115. The molecule has 0 aliphatic carbocycles. The molecule has 0 atom stereocenters. The molecular formula is C10H7N3O. The van der Waals surface area contributed by atoms with E-state index >= 15 is 0 Å². The van der Waals surface area contributed by atoms with Gasteiger partial charge in [-0.05, 0) is 18.2 Å². The fourth-order valence-electron chi connectivity index (χ4n) is 1.69. The predicted molar refractivity (Wildman–Crippen MR) is 52.8 cm³/mol. The summed E-state index contributed by atoms with van der Waals surface area (Å²) < 4.78 is 0. The van der Waals surface area contributed by atoms with Crippen LogP contribution in [0.4, 0.5) is 5.69 Å². The number of anilines is 1. The van der Waals surface area contributed by atoms with Gasteiger partial charge in [0.15, 0.2) is 0 Å². The molecule has 1 aromatic heterocycles. The third kappa shape index (κ3) is 0.821. The lowest BCUT2D eigenvalue weighted by Gasteiger charge is -2.18. The van der Waals surface area contributed by atoms with Crippen molar-refractivity contribution in [3.8, 4) is 0 Å². The SMILES string of the molecule is O=C1NNc2ccnc3cccc1c23. The first-order chi connectivity index (χ1) is 6.86. The Morgan fingerprint density at radius 2 is 2.07 bits per heavy atom. The van der Waals surface area contributed by atoms with Crippen molar-refractivity contribution in [3.05, 3.63) is 36.0 Å². The second-order valence-electron chi connectivity index (χ2n) is 3.14. The van der Waals surface area contributed by atoms with E-state index in [0.717, 1.165) is 16.6 Å². The van der Waals surface area contributed by atoms with Gasteiger partial charge in [0.05, 0.1) is 16.8 Å². The quantitative estimate of drug-likeness (QED) is 0.650. The average molecular weight is 185 g/mol. The van der Waals surface area contributed by atoms with Gasteiger partial charge in [0.25, 0.3) is 5.91 Å². The van der Waals surface area contributed by atoms with Gasteiger partial charge in [-0.3, -0.25) is 20.6 Å². The number of hydrazine groups is 1. The lowest BCUT2D eigenvalue weighted by Crippen LogP contribution is -2.33. The fraction of sp³-hybridized carbons (Fsp3) is 0. The normalized spacial score (nSPS) is 13.6. The summed E-state index contributed by atoms with van der Waals surface area (Å²) in [6.45, 7) is 0. The van der Waals surface area contributed by atoms with Gasteiger partial charge in [-0.25, -0.2) is 0 Å². The van der Waals surface area contributed by atoms with E-state index < -0.39 is 0 Å². The maximum atomic E-state index is 11.5. The highest BCUT2D eigenvalue weighted by Crippen LogP contribution is 2.27. The molecule has 1 aliphatic rings. The van der Waals surface area contributed by atoms with Gasteiger partial charge >= 0.3 is 0 Å². The standard InChI is InChI=1S/C10H7N3O/c14-10-6-2-1-3-7-9(6)8(12-13-10)4-5-11-7/h1-5,12H,(H,13,14). The Labute approximate surface area is 79.9 Å². The molecule has 2 aromatic rings. The van der Waals surface area contributed by atoms with Crippen LogP contribution in [0.1, 0.15) is 10.4 Å². The summed E-state index contributed by atoms with van der Waals surface area (Å²) >= 11 is 0. The molecule has 0 saturated heterocycles. The summed E-state index contributed by atoms with van der Waals surface area (Å²) in [4.78, 5) is 15.7. The minimum absolute atomic E-state index is 0.115. The molecule has 0 spiro atoms. The fourth-order valence-corrected chi connectivity index (χ4v) is 1.69. The van der Waals surface area contributed by atoms with Gasteiger partial charge in [-0.1, -0.05) is 6.07 Å². The molecule has 4 heteroatoms. The molecule has 2 N–H and O–H groups in total. The van der Waals surface area contributed by atoms with E-state index in [9.17, 15) is 4.79 Å². The highest BCUT2D eigenvalue weighted by molar-refractivity contribution is 6.13. The highest BCUT2D eigenvalue weighted by atomic mass is 16.2. The van der Waals surface area contributed by atoms with E-state index in [1.807, 2.05) is 18.2 Å². The number of pyridine rings is 1. The molecule has 1 amide bonds. The van der Waals surface area contributed by atoms with Gasteiger partial charge in [0.1, 0.15) is 0 Å². The lowest BCUT2D eigenvalue weighted by atomic mass is 10.1. The molecule has 4 nitrogen and oxygen atoms in total. The number of rotatable bonds is 0. The molecular weight excluding hydrogens is 178 g/mol. The summed E-state index contributed by atoms with van der Waals surface area (Å²) in [6.07, 6.45) is 1.71. The van der Waals surface area contributed by atoms with Crippen LogP contribution in [0, 0.1) is 0 Å². The summed E-state index contributed by atoms with van der Waals surface area (Å²) in [5, 5.41) is 0.888. The Bertz CT molecular complexity index is 531. The molecule has 0 fully saturated rings. The molecule has 1 aromatic carbocycles. The Balaban J connectivity index is 2.52. The van der Waals surface area contributed by atoms with Crippen LogP contribution in [-0.2, 0) is 0 Å². The van der Waals surface area contributed by atoms with E-state index in [-0.39, 0.29) is 5.91 Å². The first-order valence-corrected chi connectivity index (χ1v) is 4.30. The topological polar surface area (TPSA) is 54.0 Å². The number of nitrogens with one attached hydrogen (secondary N) is 2. The highest BCUT2D eigenvalue weighted by Gasteiger charge is 2.17. The number of carbonyl (C=O) groups excluding carboxylic acids is 1. The van der Waals surface area contributed by atoms with Crippen molar-refractivity contribution in [2.24, 2.45) is 0 Å². The maximum Gasteiger partial charge on any atom is 0.270 e. The molecule has 3 rings (SSSR count). The van der Waals surface area contributed by atoms with E-state index in [0.29, 0.717) is 5.56 Å². The number of hydrogen-bond acceptors (Lipinski definition) is 3. The van der Waals surface area contributed by atoms with Gasteiger partial charge in [0, 0.05) is 11.6 Å². The monoisotopic (exact) mass is 185 g/mol. The van der Waals surface area contributed by atoms with E-state index in [2.05, 4.69) is 15.8 Å². The largest absolute Gasteiger partial charge is 0.298 e. The van der Waals surface area contributed by atoms with Crippen molar-refractivity contribution >= 4 is 22.5 Å². The lowest BCUT2D eigenvalue weighted by molar-refractivity contribution is 0.0962. The van der Waals surface area contributed by atoms with Crippen molar-refractivity contribution in [2.45, 2.75) is 0 Å². The number of carbonyl (C=O) groups is 1. The van der Waals surface area contributed by atoms with Crippen LogP contribution in [-0.4, -0.2) is 10.9 Å². The van der Waals surface area contributed by atoms with E-state index in [1.165, 1.54) is 0 Å². The number of aromatic nitrogens is 1. The van der Waals surface area contributed by atoms with Crippen LogP contribution in [0.25, 0.3) is 10.9 Å². The zero-order valence-corrected chi connectivity index (χ0v) is 7.24. The molecule has 0 bridgehead atoms.